The van der Waals surface area contributed by atoms with Gasteiger partial charge in [-0.05, 0) is 50.6 Å². The molecule has 2 atom stereocenters. The number of nitrogens with one attached hydrogen (secondary N) is 1. The third kappa shape index (κ3) is 3.88. The number of amides is 1. The van der Waals surface area contributed by atoms with Crippen molar-refractivity contribution in [3.05, 3.63) is 69.6 Å². The van der Waals surface area contributed by atoms with Crippen molar-refractivity contribution in [1.29, 1.82) is 0 Å². The van der Waals surface area contributed by atoms with Gasteiger partial charge in [-0.3, -0.25) is 9.59 Å². The molecule has 3 heterocycles. The van der Waals surface area contributed by atoms with Gasteiger partial charge in [0.05, 0.1) is 18.8 Å². The number of carbonyl (C=O) groups is 1. The Morgan fingerprint density at radius 1 is 1.11 bits per heavy atom. The van der Waals surface area contributed by atoms with E-state index in [1.165, 1.54) is 12.8 Å². The summed E-state index contributed by atoms with van der Waals surface area (Å²) in [6, 6.07) is 13.2. The number of carbonyl (C=O) groups excluding carboxylic acids is 1. The molecule has 2 aliphatic rings. The molecule has 0 spiro atoms. The molecule has 2 aliphatic heterocycles. The zero-order chi connectivity index (χ0) is 19.5. The van der Waals surface area contributed by atoms with Crippen LogP contribution in [0.3, 0.4) is 0 Å². The number of aryl methyl sites for hydroxylation is 1. The molecule has 2 saturated heterocycles. The SMILES string of the molecule is Cc1ccc(C(=O)N2CCO[C@@H](CN3CCCC3)[C@@H]2c2ccccc2)c(=O)[nH]1. The summed E-state index contributed by atoms with van der Waals surface area (Å²) in [5, 5.41) is 0. The minimum atomic E-state index is -0.334. The van der Waals surface area contributed by atoms with Gasteiger partial charge < -0.3 is 19.5 Å². The summed E-state index contributed by atoms with van der Waals surface area (Å²) in [7, 11) is 0. The lowest BCUT2D eigenvalue weighted by atomic mass is 9.96. The molecule has 1 aromatic heterocycles. The van der Waals surface area contributed by atoms with Gasteiger partial charge in [-0.2, -0.15) is 0 Å². The van der Waals surface area contributed by atoms with E-state index in [0.29, 0.717) is 13.2 Å². The van der Waals surface area contributed by atoms with Gasteiger partial charge in [0.15, 0.2) is 0 Å². The van der Waals surface area contributed by atoms with Crippen LogP contribution >= 0.6 is 0 Å². The average molecular weight is 381 g/mol. The normalized spacial score (nSPS) is 23.1. The first-order chi connectivity index (χ1) is 13.6. The second-order valence-corrected chi connectivity index (χ2v) is 7.66. The van der Waals surface area contributed by atoms with Gasteiger partial charge in [0.2, 0.25) is 0 Å². The van der Waals surface area contributed by atoms with Crippen LogP contribution in [-0.4, -0.2) is 59.6 Å². The fraction of sp³-hybridized carbons (Fsp3) is 0.455. The Bertz CT molecular complexity index is 874. The molecule has 1 N–H and O–H groups in total. The van der Waals surface area contributed by atoms with E-state index in [9.17, 15) is 9.59 Å². The number of aromatic nitrogens is 1. The van der Waals surface area contributed by atoms with Gasteiger partial charge in [-0.1, -0.05) is 30.3 Å². The number of nitrogens with zero attached hydrogens (tertiary/aromatic N) is 2. The van der Waals surface area contributed by atoms with Crippen molar-refractivity contribution in [2.75, 3.05) is 32.8 Å². The molecule has 6 nitrogen and oxygen atoms in total. The summed E-state index contributed by atoms with van der Waals surface area (Å²) in [6.45, 7) is 5.72. The highest BCUT2D eigenvalue weighted by Crippen LogP contribution is 2.31. The molecule has 0 radical (unpaired) electrons. The van der Waals surface area contributed by atoms with Crippen LogP contribution in [0, 0.1) is 6.92 Å². The third-order valence-corrected chi connectivity index (χ3v) is 5.68. The Balaban J connectivity index is 1.67. The Hall–Kier alpha value is -2.44. The number of H-pyrrole nitrogens is 1. The van der Waals surface area contributed by atoms with Crippen LogP contribution in [0.1, 0.15) is 40.5 Å². The minimum absolute atomic E-state index is 0.109. The molecule has 2 fully saturated rings. The molecular formula is C22H27N3O3. The maximum absolute atomic E-state index is 13.3. The van der Waals surface area contributed by atoms with Crippen molar-refractivity contribution in [2.45, 2.75) is 31.9 Å². The summed E-state index contributed by atoms with van der Waals surface area (Å²) < 4.78 is 6.15. The molecule has 0 aliphatic carbocycles. The number of pyridine rings is 1. The van der Waals surface area contributed by atoms with E-state index in [2.05, 4.69) is 9.88 Å². The summed E-state index contributed by atoms with van der Waals surface area (Å²) in [6.07, 6.45) is 2.32. The van der Waals surface area contributed by atoms with E-state index in [1.807, 2.05) is 42.2 Å². The summed E-state index contributed by atoms with van der Waals surface area (Å²) in [5.74, 6) is -0.232. The van der Waals surface area contributed by atoms with E-state index in [0.717, 1.165) is 30.9 Å². The number of hydrogen-bond donors (Lipinski definition) is 1. The van der Waals surface area contributed by atoms with E-state index < -0.39 is 0 Å². The van der Waals surface area contributed by atoms with Crippen molar-refractivity contribution >= 4 is 5.91 Å². The van der Waals surface area contributed by atoms with Gasteiger partial charge >= 0.3 is 0 Å². The predicted octanol–water partition coefficient (Wildman–Crippen LogP) is 2.36. The highest BCUT2D eigenvalue weighted by molar-refractivity contribution is 5.94. The van der Waals surface area contributed by atoms with Crippen LogP contribution in [0.4, 0.5) is 0 Å². The van der Waals surface area contributed by atoms with Crippen molar-refractivity contribution in [3.8, 4) is 0 Å². The average Bonchev–Trinajstić information content (AvgIpc) is 3.21. The summed E-state index contributed by atoms with van der Waals surface area (Å²) >= 11 is 0. The Labute approximate surface area is 165 Å². The first-order valence-corrected chi connectivity index (χ1v) is 10.0. The number of ether oxygens (including phenoxy) is 1. The lowest BCUT2D eigenvalue weighted by Crippen LogP contribution is -2.52. The number of benzene rings is 1. The van der Waals surface area contributed by atoms with Crippen LogP contribution in [0.5, 0.6) is 0 Å². The number of morpholine rings is 1. The number of rotatable bonds is 4. The van der Waals surface area contributed by atoms with Crippen LogP contribution in [0.2, 0.25) is 0 Å². The van der Waals surface area contributed by atoms with Gasteiger partial charge in [0.25, 0.3) is 11.5 Å². The monoisotopic (exact) mass is 381 g/mol. The van der Waals surface area contributed by atoms with Crippen molar-refractivity contribution in [1.82, 2.24) is 14.8 Å². The van der Waals surface area contributed by atoms with Crippen LogP contribution < -0.4 is 5.56 Å². The van der Waals surface area contributed by atoms with Gasteiger partial charge in [-0.25, -0.2) is 0 Å². The predicted molar refractivity (Wildman–Crippen MR) is 107 cm³/mol. The Morgan fingerprint density at radius 2 is 1.86 bits per heavy atom. The smallest absolute Gasteiger partial charge is 0.260 e. The van der Waals surface area contributed by atoms with E-state index in [1.54, 1.807) is 12.1 Å². The molecule has 1 aromatic carbocycles. The van der Waals surface area contributed by atoms with E-state index in [4.69, 9.17) is 4.74 Å². The van der Waals surface area contributed by atoms with Crippen LogP contribution in [0.15, 0.2) is 47.3 Å². The van der Waals surface area contributed by atoms with Crippen molar-refractivity contribution in [3.63, 3.8) is 0 Å². The third-order valence-electron chi connectivity index (χ3n) is 5.68. The molecule has 6 heteroatoms. The Morgan fingerprint density at radius 3 is 2.57 bits per heavy atom. The fourth-order valence-electron chi connectivity index (χ4n) is 4.27. The van der Waals surface area contributed by atoms with Crippen LogP contribution in [0.25, 0.3) is 0 Å². The second kappa shape index (κ2) is 8.29. The maximum Gasteiger partial charge on any atom is 0.260 e. The first-order valence-electron chi connectivity index (χ1n) is 10.0. The zero-order valence-electron chi connectivity index (χ0n) is 16.3. The molecule has 4 rings (SSSR count). The maximum atomic E-state index is 13.3. The van der Waals surface area contributed by atoms with E-state index in [-0.39, 0.29) is 29.2 Å². The van der Waals surface area contributed by atoms with E-state index >= 15 is 0 Å². The quantitative estimate of drug-likeness (QED) is 0.883. The first kappa shape index (κ1) is 18.9. The minimum Gasteiger partial charge on any atom is -0.373 e. The number of hydrogen-bond acceptors (Lipinski definition) is 4. The molecule has 1 amide bonds. The fourth-order valence-corrected chi connectivity index (χ4v) is 4.27. The van der Waals surface area contributed by atoms with Gasteiger partial charge in [0.1, 0.15) is 5.56 Å². The van der Waals surface area contributed by atoms with Gasteiger partial charge in [-0.15, -0.1) is 0 Å². The second-order valence-electron chi connectivity index (χ2n) is 7.66. The summed E-state index contributed by atoms with van der Waals surface area (Å²) in [5.41, 5.74) is 1.64. The van der Waals surface area contributed by atoms with Crippen LogP contribution in [-0.2, 0) is 4.74 Å². The Kier molecular flexibility index (Phi) is 5.59. The molecule has 2 aromatic rings. The topological polar surface area (TPSA) is 65.6 Å². The largest absolute Gasteiger partial charge is 0.373 e. The molecule has 28 heavy (non-hydrogen) atoms. The van der Waals surface area contributed by atoms with Crippen molar-refractivity contribution in [2.24, 2.45) is 0 Å². The number of likely N-dealkylation sites (tertiary alicyclic amines) is 1. The zero-order valence-corrected chi connectivity index (χ0v) is 16.3. The standard InChI is InChI=1S/C22H27N3O3/c1-16-9-10-18(21(26)23-16)22(27)25-13-14-28-19(15-24-11-5-6-12-24)20(25)17-7-3-2-4-8-17/h2-4,7-10,19-20H,5-6,11-15H2,1H3,(H,23,26)/t19-,20-/m0/s1. The highest BCUT2D eigenvalue weighted by Gasteiger charge is 2.38. The molecule has 0 unspecified atom stereocenters. The summed E-state index contributed by atoms with van der Waals surface area (Å²) in [4.78, 5) is 32.7. The van der Waals surface area contributed by atoms with Gasteiger partial charge in [0, 0.05) is 18.8 Å². The molecule has 148 valence electrons. The lowest BCUT2D eigenvalue weighted by molar-refractivity contribution is -0.0707. The highest BCUT2D eigenvalue weighted by atomic mass is 16.5. The molecular weight excluding hydrogens is 354 g/mol. The molecule has 0 saturated carbocycles. The van der Waals surface area contributed by atoms with Crippen molar-refractivity contribution < 1.29 is 9.53 Å². The number of aromatic amines is 1. The molecule has 0 bridgehead atoms. The lowest BCUT2D eigenvalue weighted by Gasteiger charge is -2.42.